The van der Waals surface area contributed by atoms with E-state index in [1.54, 1.807) is 48.5 Å². The van der Waals surface area contributed by atoms with Gasteiger partial charge in [-0.05, 0) is 35.9 Å². The van der Waals surface area contributed by atoms with Gasteiger partial charge in [-0.2, -0.15) is 0 Å². The van der Waals surface area contributed by atoms with Crippen molar-refractivity contribution < 1.29 is 19.1 Å². The molecule has 2 aromatic carbocycles. The first-order valence-electron chi connectivity index (χ1n) is 8.72. The maximum absolute atomic E-state index is 12.7. The number of carbonyl (C=O) groups excluding carboxylic acids is 3. The lowest BCUT2D eigenvalue weighted by atomic mass is 9.95. The molecule has 2 N–H and O–H groups in total. The molecule has 7 nitrogen and oxygen atoms in total. The van der Waals surface area contributed by atoms with Gasteiger partial charge < -0.3 is 15.4 Å². The molecule has 0 spiro atoms. The molecule has 4 rings (SSSR count). The lowest BCUT2D eigenvalue weighted by molar-refractivity contribution is -0.136. The molecule has 0 radical (unpaired) electrons. The number of halogens is 2. The van der Waals surface area contributed by atoms with Crippen LogP contribution in [0.2, 0.25) is 10.0 Å². The van der Waals surface area contributed by atoms with Gasteiger partial charge in [0, 0.05) is 15.7 Å². The molecule has 2 aliphatic heterocycles. The van der Waals surface area contributed by atoms with E-state index in [2.05, 4.69) is 10.6 Å². The van der Waals surface area contributed by atoms with Crippen LogP contribution in [0.4, 0.5) is 10.5 Å². The van der Waals surface area contributed by atoms with Crippen molar-refractivity contribution in [1.29, 1.82) is 0 Å². The summed E-state index contributed by atoms with van der Waals surface area (Å²) in [6.07, 6.45) is 0. The normalized spacial score (nSPS) is 18.3. The van der Waals surface area contributed by atoms with Gasteiger partial charge in [0.1, 0.15) is 13.2 Å². The Bertz CT molecular complexity index is 1040. The van der Waals surface area contributed by atoms with Gasteiger partial charge in [-0.3, -0.25) is 9.69 Å². The van der Waals surface area contributed by atoms with Crippen LogP contribution < -0.4 is 10.6 Å². The predicted molar refractivity (Wildman–Crippen MR) is 107 cm³/mol. The van der Waals surface area contributed by atoms with Crippen molar-refractivity contribution in [2.75, 3.05) is 18.5 Å². The van der Waals surface area contributed by atoms with Crippen LogP contribution >= 0.6 is 23.2 Å². The lowest BCUT2D eigenvalue weighted by Gasteiger charge is -2.32. The van der Waals surface area contributed by atoms with Crippen molar-refractivity contribution in [2.45, 2.75) is 6.04 Å². The van der Waals surface area contributed by atoms with Crippen molar-refractivity contribution in [1.82, 2.24) is 10.2 Å². The number of cyclic esters (lactones) is 1. The Labute approximate surface area is 176 Å². The third-order valence-corrected chi connectivity index (χ3v) is 5.24. The van der Waals surface area contributed by atoms with E-state index < -0.39 is 23.9 Å². The number of ether oxygens (including phenoxy) is 1. The number of nitrogens with one attached hydrogen (secondary N) is 2. The topological polar surface area (TPSA) is 87.7 Å². The number of nitrogens with zero attached hydrogens (tertiary/aromatic N) is 1. The molecule has 2 aliphatic rings. The van der Waals surface area contributed by atoms with Crippen molar-refractivity contribution in [3.05, 3.63) is 75.4 Å². The quantitative estimate of drug-likeness (QED) is 0.724. The minimum absolute atomic E-state index is 0.0865. The van der Waals surface area contributed by atoms with Crippen molar-refractivity contribution >= 4 is 46.8 Å². The Morgan fingerprint density at radius 1 is 1.14 bits per heavy atom. The van der Waals surface area contributed by atoms with Crippen molar-refractivity contribution in [3.8, 4) is 0 Å². The Balaban J connectivity index is 1.60. The molecule has 2 heterocycles. The number of hydrogen-bond donors (Lipinski definition) is 2. The molecule has 1 atom stereocenters. The average molecular weight is 432 g/mol. The fourth-order valence-corrected chi connectivity index (χ4v) is 3.67. The van der Waals surface area contributed by atoms with Gasteiger partial charge in [-0.15, -0.1) is 0 Å². The smallest absolute Gasteiger partial charge is 0.338 e. The standard InChI is InChI=1S/C20H15Cl2N3O4/c21-11-5-7-12(8-6-11)23-16(26)9-25-15-10-29-19(27)17(15)18(24-20(25)28)13-3-1-2-4-14(13)22/h1-8,18H,9-10H2,(H,23,26)(H,24,28)/t18-/m1/s1. The molecule has 0 unspecified atom stereocenters. The molecule has 9 heteroatoms. The first-order chi connectivity index (χ1) is 13.9. The van der Waals surface area contributed by atoms with Gasteiger partial charge >= 0.3 is 12.0 Å². The maximum atomic E-state index is 12.7. The summed E-state index contributed by atoms with van der Waals surface area (Å²) in [6.45, 7) is -0.365. The van der Waals surface area contributed by atoms with Crippen LogP contribution in [0.5, 0.6) is 0 Å². The second-order valence-corrected chi connectivity index (χ2v) is 7.33. The maximum Gasteiger partial charge on any atom is 0.338 e. The summed E-state index contributed by atoms with van der Waals surface area (Å²) in [5.41, 5.74) is 1.75. The average Bonchev–Trinajstić information content (AvgIpc) is 3.08. The summed E-state index contributed by atoms with van der Waals surface area (Å²) in [5.74, 6) is -0.974. The largest absolute Gasteiger partial charge is 0.456 e. The zero-order valence-corrected chi connectivity index (χ0v) is 16.5. The first kappa shape index (κ1) is 19.3. The van der Waals surface area contributed by atoms with E-state index in [-0.39, 0.29) is 18.7 Å². The summed E-state index contributed by atoms with van der Waals surface area (Å²) in [7, 11) is 0. The second kappa shape index (κ2) is 7.77. The highest BCUT2D eigenvalue weighted by atomic mass is 35.5. The number of esters is 1. The van der Waals surface area contributed by atoms with Gasteiger partial charge in [0.25, 0.3) is 0 Å². The summed E-state index contributed by atoms with van der Waals surface area (Å²) < 4.78 is 5.15. The van der Waals surface area contributed by atoms with Gasteiger partial charge in [-0.1, -0.05) is 41.4 Å². The molecular formula is C20H15Cl2N3O4. The summed E-state index contributed by atoms with van der Waals surface area (Å²) in [6, 6.07) is 12.3. The summed E-state index contributed by atoms with van der Waals surface area (Å²) in [4.78, 5) is 38.8. The monoisotopic (exact) mass is 431 g/mol. The van der Waals surface area contributed by atoms with Gasteiger partial charge in [0.05, 0.1) is 17.3 Å². The minimum Gasteiger partial charge on any atom is -0.456 e. The van der Waals surface area contributed by atoms with Crippen LogP contribution in [0.1, 0.15) is 11.6 Å². The lowest BCUT2D eigenvalue weighted by Crippen LogP contribution is -2.49. The van der Waals surface area contributed by atoms with E-state index in [0.29, 0.717) is 27.0 Å². The number of urea groups is 1. The molecule has 148 valence electrons. The predicted octanol–water partition coefficient (Wildman–Crippen LogP) is 3.51. The number of benzene rings is 2. The van der Waals surface area contributed by atoms with Crippen molar-refractivity contribution in [2.24, 2.45) is 0 Å². The van der Waals surface area contributed by atoms with Crippen LogP contribution in [0, 0.1) is 0 Å². The van der Waals surface area contributed by atoms with Gasteiger partial charge in [0.2, 0.25) is 5.91 Å². The van der Waals surface area contributed by atoms with E-state index >= 15 is 0 Å². The highest BCUT2D eigenvalue weighted by Crippen LogP contribution is 2.37. The number of carbonyl (C=O) groups is 3. The van der Waals surface area contributed by atoms with E-state index in [1.807, 2.05) is 0 Å². The fraction of sp³-hybridized carbons (Fsp3) is 0.150. The van der Waals surface area contributed by atoms with E-state index in [4.69, 9.17) is 27.9 Å². The zero-order valence-electron chi connectivity index (χ0n) is 14.9. The summed E-state index contributed by atoms with van der Waals surface area (Å²) in [5, 5.41) is 6.40. The summed E-state index contributed by atoms with van der Waals surface area (Å²) >= 11 is 12.1. The number of hydrogen-bond acceptors (Lipinski definition) is 4. The third-order valence-electron chi connectivity index (χ3n) is 4.64. The minimum atomic E-state index is -0.739. The molecule has 0 aromatic heterocycles. The highest BCUT2D eigenvalue weighted by molar-refractivity contribution is 6.31. The molecule has 0 fully saturated rings. The van der Waals surface area contributed by atoms with Crippen LogP contribution in [0.25, 0.3) is 0 Å². The van der Waals surface area contributed by atoms with Gasteiger partial charge in [-0.25, -0.2) is 9.59 Å². The zero-order chi connectivity index (χ0) is 20.5. The Kier molecular flexibility index (Phi) is 5.17. The fourth-order valence-electron chi connectivity index (χ4n) is 3.30. The van der Waals surface area contributed by atoms with E-state index in [0.717, 1.165) is 0 Å². The van der Waals surface area contributed by atoms with Crippen LogP contribution in [0.3, 0.4) is 0 Å². The SMILES string of the molecule is O=C(CN1C(=O)N[C@H](c2ccccc2Cl)C2=C1COC2=O)Nc1ccc(Cl)cc1. The van der Waals surface area contributed by atoms with Gasteiger partial charge in [0.15, 0.2) is 0 Å². The Hall–Kier alpha value is -3.03. The molecule has 0 saturated heterocycles. The molecule has 2 aromatic rings. The van der Waals surface area contributed by atoms with E-state index in [9.17, 15) is 14.4 Å². The van der Waals surface area contributed by atoms with Crippen molar-refractivity contribution in [3.63, 3.8) is 0 Å². The molecular weight excluding hydrogens is 417 g/mol. The molecule has 0 bridgehead atoms. The number of rotatable bonds is 4. The van der Waals surface area contributed by atoms with Crippen LogP contribution in [-0.4, -0.2) is 36.0 Å². The molecule has 0 saturated carbocycles. The Morgan fingerprint density at radius 2 is 1.86 bits per heavy atom. The second-order valence-electron chi connectivity index (χ2n) is 6.48. The van der Waals surface area contributed by atoms with Crippen LogP contribution in [-0.2, 0) is 14.3 Å². The Morgan fingerprint density at radius 3 is 2.59 bits per heavy atom. The van der Waals surface area contributed by atoms with E-state index in [1.165, 1.54) is 4.90 Å². The third kappa shape index (κ3) is 3.79. The first-order valence-corrected chi connectivity index (χ1v) is 9.47. The molecule has 3 amide bonds. The molecule has 0 aliphatic carbocycles. The number of amides is 3. The number of anilines is 1. The highest BCUT2D eigenvalue weighted by Gasteiger charge is 2.43. The molecule has 29 heavy (non-hydrogen) atoms. The van der Waals surface area contributed by atoms with Crippen LogP contribution in [0.15, 0.2) is 59.8 Å².